The second kappa shape index (κ2) is 7.79. The summed E-state index contributed by atoms with van der Waals surface area (Å²) >= 11 is 0. The number of hydrogen-bond donors (Lipinski definition) is 1. The molecule has 1 aliphatic heterocycles. The van der Waals surface area contributed by atoms with Gasteiger partial charge in [-0.1, -0.05) is 36.9 Å². The zero-order valence-corrected chi connectivity index (χ0v) is 13.5. The molecule has 3 rings (SSSR count). The Bertz CT molecular complexity index is 709. The molecule has 2 aromatic carbocycles. The van der Waals surface area contributed by atoms with Gasteiger partial charge in [-0.25, -0.2) is 0 Å². The van der Waals surface area contributed by atoms with Gasteiger partial charge in [0.05, 0.1) is 6.61 Å². The van der Waals surface area contributed by atoms with Crippen LogP contribution in [0, 0.1) is 0 Å². The minimum absolute atomic E-state index is 0.0888. The summed E-state index contributed by atoms with van der Waals surface area (Å²) in [5.74, 6) is 0.605. The van der Waals surface area contributed by atoms with E-state index in [2.05, 4.69) is 24.0 Å². The van der Waals surface area contributed by atoms with Crippen LogP contribution < -0.4 is 10.1 Å². The van der Waals surface area contributed by atoms with Crippen molar-refractivity contribution in [3.05, 3.63) is 77.9 Å². The van der Waals surface area contributed by atoms with E-state index in [1.807, 2.05) is 12.1 Å². The number of fused-ring (bicyclic) bond motifs is 1. The van der Waals surface area contributed by atoms with Gasteiger partial charge in [0.25, 0.3) is 5.91 Å². The first-order chi connectivity index (χ1) is 11.8. The van der Waals surface area contributed by atoms with Gasteiger partial charge in [-0.05, 0) is 41.8 Å². The Morgan fingerprint density at radius 2 is 2.04 bits per heavy atom. The van der Waals surface area contributed by atoms with Gasteiger partial charge in [0.15, 0.2) is 0 Å². The van der Waals surface area contributed by atoms with Crippen molar-refractivity contribution in [1.29, 1.82) is 0 Å². The van der Waals surface area contributed by atoms with Gasteiger partial charge >= 0.3 is 0 Å². The van der Waals surface area contributed by atoms with Crippen LogP contribution in [-0.4, -0.2) is 25.7 Å². The van der Waals surface area contributed by atoms with Crippen LogP contribution in [0.2, 0.25) is 0 Å². The lowest BCUT2D eigenvalue weighted by molar-refractivity contribution is 0.0411. The molecule has 0 saturated carbocycles. The summed E-state index contributed by atoms with van der Waals surface area (Å²) in [5, 5.41) is 2.95. The number of carbonyl (C=O) groups excluding carboxylic acids is 1. The Morgan fingerprint density at radius 1 is 1.25 bits per heavy atom. The highest BCUT2D eigenvalue weighted by Gasteiger charge is 2.21. The van der Waals surface area contributed by atoms with Crippen LogP contribution in [0.4, 0.5) is 0 Å². The first-order valence-electron chi connectivity index (χ1n) is 8.09. The molecule has 0 fully saturated rings. The molecule has 0 aromatic heterocycles. The molecule has 4 nitrogen and oxygen atoms in total. The van der Waals surface area contributed by atoms with Crippen LogP contribution in [0.15, 0.2) is 61.2 Å². The fourth-order valence-corrected chi connectivity index (χ4v) is 2.79. The van der Waals surface area contributed by atoms with Gasteiger partial charge < -0.3 is 14.8 Å². The number of amides is 1. The Morgan fingerprint density at radius 3 is 2.83 bits per heavy atom. The molecular weight excluding hydrogens is 302 g/mol. The molecule has 2 aromatic rings. The summed E-state index contributed by atoms with van der Waals surface area (Å²) < 4.78 is 11.2. The standard InChI is InChI=1S/C20H21NO3/c1-2-12-23-17-9-7-16(8-10-17)20(22)21-14-19-18-6-4-3-5-15(18)11-13-24-19/h2-10,19H,1,11-14H2,(H,21,22)/t19-/m0/s1. The SMILES string of the molecule is C=CCOc1ccc(C(=O)NC[C@@H]2OCCc3ccccc32)cc1. The number of carbonyl (C=O) groups is 1. The fourth-order valence-electron chi connectivity index (χ4n) is 2.79. The van der Waals surface area contributed by atoms with Crippen LogP contribution in [0.3, 0.4) is 0 Å². The first kappa shape index (κ1) is 16.3. The third-order valence-corrected chi connectivity index (χ3v) is 4.02. The van der Waals surface area contributed by atoms with E-state index in [4.69, 9.17) is 9.47 Å². The predicted octanol–water partition coefficient (Wildman–Crippen LogP) is 3.30. The highest BCUT2D eigenvalue weighted by atomic mass is 16.5. The monoisotopic (exact) mass is 323 g/mol. The van der Waals surface area contributed by atoms with Crippen molar-refractivity contribution in [3.8, 4) is 5.75 Å². The van der Waals surface area contributed by atoms with Crippen molar-refractivity contribution < 1.29 is 14.3 Å². The lowest BCUT2D eigenvalue weighted by Crippen LogP contribution is -2.31. The van der Waals surface area contributed by atoms with Crippen molar-refractivity contribution in [1.82, 2.24) is 5.32 Å². The third kappa shape index (κ3) is 3.84. The Hall–Kier alpha value is -2.59. The number of ether oxygens (including phenoxy) is 2. The maximum atomic E-state index is 12.3. The molecule has 1 N–H and O–H groups in total. The van der Waals surface area contributed by atoms with E-state index < -0.39 is 0 Å². The van der Waals surface area contributed by atoms with Gasteiger partial charge in [-0.2, -0.15) is 0 Å². The second-order valence-electron chi connectivity index (χ2n) is 5.64. The van der Waals surface area contributed by atoms with Crippen LogP contribution in [0.1, 0.15) is 27.6 Å². The average Bonchev–Trinajstić information content (AvgIpc) is 2.64. The van der Waals surface area contributed by atoms with Crippen LogP contribution >= 0.6 is 0 Å². The zero-order valence-electron chi connectivity index (χ0n) is 13.5. The quantitative estimate of drug-likeness (QED) is 0.830. The molecule has 0 bridgehead atoms. The van der Waals surface area contributed by atoms with Crippen molar-refractivity contribution >= 4 is 5.91 Å². The van der Waals surface area contributed by atoms with E-state index in [1.165, 1.54) is 5.56 Å². The van der Waals surface area contributed by atoms with Crippen molar-refractivity contribution in [2.24, 2.45) is 0 Å². The Kier molecular flexibility index (Phi) is 5.29. The molecule has 0 spiro atoms. The van der Waals surface area contributed by atoms with Crippen LogP contribution in [-0.2, 0) is 11.2 Å². The van der Waals surface area contributed by atoms with Gasteiger partial charge in [0.1, 0.15) is 18.5 Å². The summed E-state index contributed by atoms with van der Waals surface area (Å²) in [4.78, 5) is 12.3. The van der Waals surface area contributed by atoms with Crippen LogP contribution in [0.25, 0.3) is 0 Å². The van der Waals surface area contributed by atoms with E-state index in [1.54, 1.807) is 30.3 Å². The lowest BCUT2D eigenvalue weighted by Gasteiger charge is -2.26. The largest absolute Gasteiger partial charge is 0.490 e. The van der Waals surface area contributed by atoms with E-state index >= 15 is 0 Å². The Labute approximate surface area is 142 Å². The molecular formula is C20H21NO3. The van der Waals surface area contributed by atoms with Gasteiger partial charge in [0, 0.05) is 12.1 Å². The summed E-state index contributed by atoms with van der Waals surface area (Å²) in [5.41, 5.74) is 3.06. The van der Waals surface area contributed by atoms with E-state index in [0.29, 0.717) is 25.3 Å². The second-order valence-corrected chi connectivity index (χ2v) is 5.64. The number of benzene rings is 2. The molecule has 0 saturated heterocycles. The maximum absolute atomic E-state index is 12.3. The molecule has 0 unspecified atom stereocenters. The fraction of sp³-hybridized carbons (Fsp3) is 0.250. The lowest BCUT2D eigenvalue weighted by atomic mass is 9.97. The molecule has 0 radical (unpaired) electrons. The molecule has 24 heavy (non-hydrogen) atoms. The highest BCUT2D eigenvalue weighted by Crippen LogP contribution is 2.26. The molecule has 0 aliphatic carbocycles. The maximum Gasteiger partial charge on any atom is 0.251 e. The molecule has 1 heterocycles. The average molecular weight is 323 g/mol. The van der Waals surface area contributed by atoms with Gasteiger partial charge in [-0.3, -0.25) is 4.79 Å². The number of hydrogen-bond acceptors (Lipinski definition) is 3. The van der Waals surface area contributed by atoms with E-state index in [9.17, 15) is 4.79 Å². The minimum atomic E-state index is -0.114. The van der Waals surface area contributed by atoms with Crippen molar-refractivity contribution in [2.75, 3.05) is 19.8 Å². The predicted molar refractivity (Wildman–Crippen MR) is 93.3 cm³/mol. The zero-order chi connectivity index (χ0) is 16.8. The van der Waals surface area contributed by atoms with Crippen molar-refractivity contribution in [3.63, 3.8) is 0 Å². The molecule has 1 aliphatic rings. The number of rotatable bonds is 6. The molecule has 1 amide bonds. The van der Waals surface area contributed by atoms with Gasteiger partial charge in [-0.15, -0.1) is 0 Å². The van der Waals surface area contributed by atoms with Gasteiger partial charge in [0.2, 0.25) is 0 Å². The Balaban J connectivity index is 1.59. The molecule has 1 atom stereocenters. The topological polar surface area (TPSA) is 47.6 Å². The molecule has 124 valence electrons. The smallest absolute Gasteiger partial charge is 0.251 e. The molecule has 4 heteroatoms. The van der Waals surface area contributed by atoms with Crippen molar-refractivity contribution in [2.45, 2.75) is 12.5 Å². The van der Waals surface area contributed by atoms with E-state index in [-0.39, 0.29) is 12.0 Å². The van der Waals surface area contributed by atoms with Crippen LogP contribution in [0.5, 0.6) is 5.75 Å². The summed E-state index contributed by atoms with van der Waals surface area (Å²) in [7, 11) is 0. The number of nitrogens with one attached hydrogen (secondary N) is 1. The minimum Gasteiger partial charge on any atom is -0.490 e. The summed E-state index contributed by atoms with van der Waals surface area (Å²) in [6.07, 6.45) is 2.52. The first-order valence-corrected chi connectivity index (χ1v) is 8.09. The third-order valence-electron chi connectivity index (χ3n) is 4.02. The highest BCUT2D eigenvalue weighted by molar-refractivity contribution is 5.94. The van der Waals surface area contributed by atoms with E-state index in [0.717, 1.165) is 17.7 Å². The summed E-state index contributed by atoms with van der Waals surface area (Å²) in [6.45, 7) is 5.20. The summed E-state index contributed by atoms with van der Waals surface area (Å²) in [6, 6.07) is 15.3. The normalized spacial score (nSPS) is 16.1.